The zero-order valence-electron chi connectivity index (χ0n) is 11.9. The Morgan fingerprint density at radius 3 is 3.05 bits per heavy atom. The molecule has 2 unspecified atom stereocenters. The van der Waals surface area contributed by atoms with Crippen molar-refractivity contribution in [3.05, 3.63) is 18.2 Å². The van der Waals surface area contributed by atoms with Crippen LogP contribution in [0.2, 0.25) is 0 Å². The molecule has 0 radical (unpaired) electrons. The maximum atomic E-state index is 5.93. The Balaban J connectivity index is 1.97. The van der Waals surface area contributed by atoms with E-state index in [1.807, 2.05) is 17.5 Å². The Labute approximate surface area is 117 Å². The second-order valence-corrected chi connectivity index (χ2v) is 5.16. The van der Waals surface area contributed by atoms with Crippen LogP contribution in [-0.4, -0.2) is 51.9 Å². The molecule has 1 aliphatic rings. The zero-order chi connectivity index (χ0) is 14.1. The van der Waals surface area contributed by atoms with Gasteiger partial charge in [0.25, 0.3) is 0 Å². The lowest BCUT2D eigenvalue weighted by atomic mass is 9.99. The van der Waals surface area contributed by atoms with Crippen LogP contribution in [-0.2, 0) is 4.74 Å². The molecule has 1 fully saturated rings. The number of hydrogen-bond donors (Lipinski definition) is 1. The summed E-state index contributed by atoms with van der Waals surface area (Å²) in [6.45, 7) is 3.38. The first-order valence-electron chi connectivity index (χ1n) is 6.90. The summed E-state index contributed by atoms with van der Waals surface area (Å²) in [4.78, 5) is 6.73. The molecule has 108 valence electrons. The number of rotatable bonds is 3. The number of nitrogens with zero attached hydrogens (tertiary/aromatic N) is 5. The van der Waals surface area contributed by atoms with Gasteiger partial charge < -0.3 is 15.4 Å². The Bertz CT molecular complexity index is 598. The molecule has 0 bridgehead atoms. The van der Waals surface area contributed by atoms with Crippen LogP contribution >= 0.6 is 0 Å². The molecule has 2 N–H and O–H groups in total. The summed E-state index contributed by atoms with van der Waals surface area (Å²) in [6.07, 6.45) is 5.84. The lowest BCUT2D eigenvalue weighted by Gasteiger charge is -2.39. The van der Waals surface area contributed by atoms with E-state index >= 15 is 0 Å². The van der Waals surface area contributed by atoms with E-state index in [-0.39, 0.29) is 12.1 Å². The maximum absolute atomic E-state index is 5.93. The molecule has 7 heteroatoms. The van der Waals surface area contributed by atoms with Crippen LogP contribution in [0.4, 0.5) is 5.82 Å². The predicted molar refractivity (Wildman–Crippen MR) is 75.7 cm³/mol. The minimum absolute atomic E-state index is 0.226. The first kappa shape index (κ1) is 13.3. The van der Waals surface area contributed by atoms with Crippen molar-refractivity contribution in [1.82, 2.24) is 19.6 Å². The van der Waals surface area contributed by atoms with Gasteiger partial charge in [0.2, 0.25) is 5.65 Å². The normalized spacial score (nSPS) is 23.4. The number of anilines is 1. The van der Waals surface area contributed by atoms with E-state index in [1.54, 1.807) is 13.3 Å². The van der Waals surface area contributed by atoms with E-state index in [9.17, 15) is 0 Å². The van der Waals surface area contributed by atoms with E-state index in [4.69, 9.17) is 10.5 Å². The Hall–Kier alpha value is -1.73. The van der Waals surface area contributed by atoms with Crippen molar-refractivity contribution in [2.45, 2.75) is 31.9 Å². The summed E-state index contributed by atoms with van der Waals surface area (Å²) >= 11 is 0. The number of aromatic nitrogens is 4. The van der Waals surface area contributed by atoms with Crippen LogP contribution in [0.3, 0.4) is 0 Å². The van der Waals surface area contributed by atoms with Gasteiger partial charge in [-0.1, -0.05) is 0 Å². The molecule has 20 heavy (non-hydrogen) atoms. The highest BCUT2D eigenvalue weighted by molar-refractivity contribution is 5.64. The first-order chi connectivity index (χ1) is 9.74. The van der Waals surface area contributed by atoms with Gasteiger partial charge in [-0.3, -0.25) is 4.40 Å². The van der Waals surface area contributed by atoms with Crippen molar-refractivity contribution >= 4 is 11.5 Å². The second-order valence-electron chi connectivity index (χ2n) is 5.16. The quantitative estimate of drug-likeness (QED) is 0.872. The summed E-state index contributed by atoms with van der Waals surface area (Å²) in [5, 5.41) is 8.36. The van der Waals surface area contributed by atoms with Gasteiger partial charge in [0.15, 0.2) is 5.82 Å². The number of aryl methyl sites for hydroxylation is 1. The molecule has 0 spiro atoms. The average Bonchev–Trinajstić information content (AvgIpc) is 2.88. The van der Waals surface area contributed by atoms with Crippen LogP contribution < -0.4 is 10.6 Å². The summed E-state index contributed by atoms with van der Waals surface area (Å²) in [5.74, 6) is 1.72. The third kappa shape index (κ3) is 2.12. The van der Waals surface area contributed by atoms with Gasteiger partial charge in [-0.15, -0.1) is 10.2 Å². The van der Waals surface area contributed by atoms with Gasteiger partial charge in [-0.2, -0.15) is 0 Å². The van der Waals surface area contributed by atoms with Crippen molar-refractivity contribution in [3.63, 3.8) is 0 Å². The molecule has 0 aliphatic carbocycles. The van der Waals surface area contributed by atoms with E-state index in [0.29, 0.717) is 6.54 Å². The van der Waals surface area contributed by atoms with E-state index < -0.39 is 0 Å². The fourth-order valence-corrected chi connectivity index (χ4v) is 2.86. The van der Waals surface area contributed by atoms with E-state index in [2.05, 4.69) is 20.1 Å². The largest absolute Gasteiger partial charge is 0.381 e. The molecule has 2 atom stereocenters. The Morgan fingerprint density at radius 2 is 2.30 bits per heavy atom. The third-order valence-corrected chi connectivity index (χ3v) is 4.02. The number of nitrogens with two attached hydrogens (primary N) is 1. The van der Waals surface area contributed by atoms with Crippen LogP contribution in [0.15, 0.2) is 12.4 Å². The minimum Gasteiger partial charge on any atom is -0.381 e. The Morgan fingerprint density at radius 1 is 1.45 bits per heavy atom. The lowest BCUT2D eigenvalue weighted by molar-refractivity contribution is 0.0708. The van der Waals surface area contributed by atoms with Crippen molar-refractivity contribution in [2.24, 2.45) is 5.73 Å². The zero-order valence-corrected chi connectivity index (χ0v) is 11.9. The fourth-order valence-electron chi connectivity index (χ4n) is 2.86. The highest BCUT2D eigenvalue weighted by Gasteiger charge is 2.30. The summed E-state index contributed by atoms with van der Waals surface area (Å²) in [6, 6.07) is 0.226. The van der Waals surface area contributed by atoms with Crippen LogP contribution in [0, 0.1) is 6.92 Å². The smallest absolute Gasteiger partial charge is 0.203 e. The summed E-state index contributed by atoms with van der Waals surface area (Å²) in [5.41, 5.74) is 6.72. The number of ether oxygens (including phenoxy) is 1. The highest BCUT2D eigenvalue weighted by atomic mass is 16.5. The minimum atomic E-state index is 0.226. The standard InChI is InChI=1S/C13H20N6O/c1-9-16-17-13-12(15-4-6-18(9)13)19-5-3-11(20-2)7-10(19)8-14/h4,6,10-11H,3,5,7-8,14H2,1-2H3. The molecule has 0 aromatic carbocycles. The fraction of sp³-hybridized carbons (Fsp3) is 0.615. The summed E-state index contributed by atoms with van der Waals surface area (Å²) < 4.78 is 7.42. The van der Waals surface area contributed by atoms with Crippen LogP contribution in [0.1, 0.15) is 18.7 Å². The van der Waals surface area contributed by atoms with Gasteiger partial charge >= 0.3 is 0 Å². The number of fused-ring (bicyclic) bond motifs is 1. The molecule has 1 aliphatic heterocycles. The first-order valence-corrected chi connectivity index (χ1v) is 6.90. The number of hydrogen-bond acceptors (Lipinski definition) is 6. The molecular formula is C13H20N6O. The molecule has 2 aromatic heterocycles. The SMILES string of the molecule is COC1CCN(c2nccn3c(C)nnc23)C(CN)C1. The number of methoxy groups -OCH3 is 1. The van der Waals surface area contributed by atoms with Crippen LogP contribution in [0.5, 0.6) is 0 Å². The average molecular weight is 276 g/mol. The molecule has 1 saturated heterocycles. The van der Waals surface area contributed by atoms with Gasteiger partial charge in [-0.05, 0) is 19.8 Å². The molecule has 3 heterocycles. The van der Waals surface area contributed by atoms with E-state index in [0.717, 1.165) is 36.7 Å². The van der Waals surface area contributed by atoms with Gasteiger partial charge in [0, 0.05) is 38.6 Å². The van der Waals surface area contributed by atoms with Gasteiger partial charge in [-0.25, -0.2) is 4.98 Å². The monoisotopic (exact) mass is 276 g/mol. The lowest BCUT2D eigenvalue weighted by Crippen LogP contribution is -2.49. The van der Waals surface area contributed by atoms with Crippen molar-refractivity contribution in [1.29, 1.82) is 0 Å². The molecule has 2 aromatic rings. The van der Waals surface area contributed by atoms with Crippen LogP contribution in [0.25, 0.3) is 5.65 Å². The molecule has 3 rings (SSSR count). The van der Waals surface area contributed by atoms with Crippen molar-refractivity contribution in [3.8, 4) is 0 Å². The van der Waals surface area contributed by atoms with Gasteiger partial charge in [0.05, 0.1) is 6.10 Å². The molecule has 0 saturated carbocycles. The number of piperidine rings is 1. The van der Waals surface area contributed by atoms with Crippen molar-refractivity contribution in [2.75, 3.05) is 25.1 Å². The van der Waals surface area contributed by atoms with Crippen molar-refractivity contribution < 1.29 is 4.74 Å². The highest BCUT2D eigenvalue weighted by Crippen LogP contribution is 2.26. The topological polar surface area (TPSA) is 81.6 Å². The predicted octanol–water partition coefficient (Wildman–Crippen LogP) is 0.375. The maximum Gasteiger partial charge on any atom is 0.203 e. The second kappa shape index (κ2) is 5.34. The van der Waals surface area contributed by atoms with E-state index in [1.165, 1.54) is 0 Å². The molecule has 7 nitrogen and oxygen atoms in total. The molecule has 0 amide bonds. The van der Waals surface area contributed by atoms with Gasteiger partial charge in [0.1, 0.15) is 5.82 Å². The molecular weight excluding hydrogens is 256 g/mol. The Kier molecular flexibility index (Phi) is 3.54. The summed E-state index contributed by atoms with van der Waals surface area (Å²) in [7, 11) is 1.76. The third-order valence-electron chi connectivity index (χ3n) is 4.02.